The molecule has 5 nitrogen and oxygen atoms in total. The number of hydrogen-bond acceptors (Lipinski definition) is 5. The minimum Gasteiger partial charge on any atom is -0.370 e. The summed E-state index contributed by atoms with van der Waals surface area (Å²) >= 11 is 0. The molecule has 0 aromatic rings. The number of hydrogen-bond donors (Lipinski definition) is 1. The molecule has 0 bridgehead atoms. The minimum atomic E-state index is 0.633. The van der Waals surface area contributed by atoms with Crippen molar-refractivity contribution in [1.82, 2.24) is 15.1 Å². The summed E-state index contributed by atoms with van der Waals surface area (Å²) in [5.74, 6) is 1.02. The first kappa shape index (κ1) is 22.5. The van der Waals surface area contributed by atoms with Crippen LogP contribution >= 0.6 is 0 Å². The normalized spacial score (nSPS) is 22.7. The maximum atomic E-state index is 5.09. The molecule has 4 rings (SSSR count). The average Bonchev–Trinajstić information content (AvgIpc) is 2.76. The van der Waals surface area contributed by atoms with Crippen LogP contribution in [0, 0.1) is 0 Å². The summed E-state index contributed by atoms with van der Waals surface area (Å²) < 4.78 is 0. The van der Waals surface area contributed by atoms with E-state index in [-0.39, 0.29) is 0 Å². The van der Waals surface area contributed by atoms with Crippen LogP contribution in [0.5, 0.6) is 0 Å². The zero-order valence-corrected chi connectivity index (χ0v) is 20.3. The van der Waals surface area contributed by atoms with Gasteiger partial charge < -0.3 is 10.2 Å². The van der Waals surface area contributed by atoms with E-state index in [0.717, 1.165) is 41.5 Å². The number of nitrogens with one attached hydrogen (secondary N) is 1. The van der Waals surface area contributed by atoms with Crippen molar-refractivity contribution in [1.29, 1.82) is 0 Å². The Morgan fingerprint density at radius 1 is 1.22 bits per heavy atom. The van der Waals surface area contributed by atoms with Gasteiger partial charge in [0.05, 0.1) is 17.1 Å². The zero-order valence-electron chi connectivity index (χ0n) is 20.3. The quantitative estimate of drug-likeness (QED) is 0.486. The summed E-state index contributed by atoms with van der Waals surface area (Å²) in [4.78, 5) is 14.5. The van der Waals surface area contributed by atoms with E-state index >= 15 is 0 Å². The number of fused-ring (bicyclic) bond motifs is 1. The fourth-order valence-electron chi connectivity index (χ4n) is 4.57. The van der Waals surface area contributed by atoms with Crippen molar-refractivity contribution in [3.63, 3.8) is 0 Å². The summed E-state index contributed by atoms with van der Waals surface area (Å²) in [5, 5.41) is 3.43. The highest BCUT2D eigenvalue weighted by Crippen LogP contribution is 2.37. The van der Waals surface area contributed by atoms with Gasteiger partial charge in [-0.1, -0.05) is 12.2 Å². The largest absolute Gasteiger partial charge is 0.370 e. The fraction of sp³-hybridized carbons (Fsp3) is 0.481. The Bertz CT molecular complexity index is 1000. The summed E-state index contributed by atoms with van der Waals surface area (Å²) in [6.07, 6.45) is 14.9. The molecule has 0 unspecified atom stereocenters. The first-order valence-electron chi connectivity index (χ1n) is 11.9. The molecule has 1 saturated carbocycles. The lowest BCUT2D eigenvalue weighted by Crippen LogP contribution is -2.42. The van der Waals surface area contributed by atoms with Crippen LogP contribution in [-0.4, -0.2) is 54.6 Å². The van der Waals surface area contributed by atoms with Gasteiger partial charge in [-0.3, -0.25) is 9.89 Å². The molecule has 0 atom stereocenters. The third kappa shape index (κ3) is 4.44. The first-order chi connectivity index (χ1) is 15.4. The van der Waals surface area contributed by atoms with E-state index in [1.807, 2.05) is 14.0 Å². The first-order valence-corrected chi connectivity index (χ1v) is 11.9. The van der Waals surface area contributed by atoms with E-state index in [0.29, 0.717) is 6.04 Å². The summed E-state index contributed by atoms with van der Waals surface area (Å²) in [6.45, 7) is 12.5. The number of aliphatic imine (C=N–C) groups is 2. The number of allylic oxidation sites excluding steroid dienone is 6. The van der Waals surface area contributed by atoms with Gasteiger partial charge in [0.25, 0.3) is 0 Å². The molecule has 0 aromatic carbocycles. The molecule has 5 heteroatoms. The second-order valence-corrected chi connectivity index (χ2v) is 9.33. The molecular formula is C27H37N5. The van der Waals surface area contributed by atoms with Crippen molar-refractivity contribution >= 4 is 11.5 Å². The SMILES string of the molecule is C=C(C)/C(C)=C/C(=N\C)C1=CC(=C2CCC2)N2C=C(N3CCC(NC)CC3)C=C(C)C2=N1. The van der Waals surface area contributed by atoms with Gasteiger partial charge in [0.1, 0.15) is 5.84 Å². The summed E-state index contributed by atoms with van der Waals surface area (Å²) in [6, 6.07) is 0.633. The van der Waals surface area contributed by atoms with Crippen molar-refractivity contribution < 1.29 is 0 Å². The highest BCUT2D eigenvalue weighted by molar-refractivity contribution is 6.13. The lowest BCUT2D eigenvalue weighted by molar-refractivity contribution is 0.250. The standard InChI is InChI=1S/C27H37N5/c1-18(2)19(3)15-24(29-6)25-16-26(21-8-7-9-21)32-17-23(14-20(4)27(32)30-25)31-12-10-22(28-5)11-13-31/h14-17,22,28H,1,7-13H2,2-6H3/b19-15+,29-24+. The van der Waals surface area contributed by atoms with Crippen molar-refractivity contribution in [3.8, 4) is 0 Å². The van der Waals surface area contributed by atoms with E-state index in [2.05, 4.69) is 72.0 Å². The van der Waals surface area contributed by atoms with Crippen molar-refractivity contribution in [2.24, 2.45) is 9.98 Å². The van der Waals surface area contributed by atoms with Crippen molar-refractivity contribution in [2.75, 3.05) is 27.2 Å². The van der Waals surface area contributed by atoms with Gasteiger partial charge in [-0.05, 0) is 94.9 Å². The van der Waals surface area contributed by atoms with Crippen LogP contribution in [0.15, 0.2) is 80.4 Å². The Hall–Kier alpha value is -2.66. The van der Waals surface area contributed by atoms with Gasteiger partial charge in [-0.2, -0.15) is 0 Å². The van der Waals surface area contributed by atoms with Gasteiger partial charge in [-0.15, -0.1) is 0 Å². The molecule has 1 N–H and O–H groups in total. The van der Waals surface area contributed by atoms with E-state index in [9.17, 15) is 0 Å². The van der Waals surface area contributed by atoms with Crippen LogP contribution in [0.4, 0.5) is 0 Å². The smallest absolute Gasteiger partial charge is 0.140 e. The van der Waals surface area contributed by atoms with E-state index < -0.39 is 0 Å². The van der Waals surface area contributed by atoms with Gasteiger partial charge in [0.15, 0.2) is 0 Å². The molecule has 1 aliphatic carbocycles. The molecular weight excluding hydrogens is 394 g/mol. The maximum absolute atomic E-state index is 5.09. The highest BCUT2D eigenvalue weighted by atomic mass is 15.2. The van der Waals surface area contributed by atoms with Gasteiger partial charge in [0.2, 0.25) is 0 Å². The topological polar surface area (TPSA) is 43.2 Å². The number of rotatable bonds is 5. The Morgan fingerprint density at radius 3 is 2.50 bits per heavy atom. The van der Waals surface area contributed by atoms with Crippen LogP contribution in [-0.2, 0) is 0 Å². The number of amidine groups is 1. The van der Waals surface area contributed by atoms with E-state index in [4.69, 9.17) is 4.99 Å². The lowest BCUT2D eigenvalue weighted by atomic mass is 9.88. The van der Waals surface area contributed by atoms with Crippen LogP contribution < -0.4 is 5.32 Å². The molecule has 3 heterocycles. The van der Waals surface area contributed by atoms with Crippen molar-refractivity contribution in [3.05, 3.63) is 70.4 Å². The van der Waals surface area contributed by atoms with E-state index in [1.165, 1.54) is 54.6 Å². The van der Waals surface area contributed by atoms with Gasteiger partial charge in [-0.25, -0.2) is 4.99 Å². The maximum Gasteiger partial charge on any atom is 0.140 e. The molecule has 3 aliphatic heterocycles. The summed E-state index contributed by atoms with van der Waals surface area (Å²) in [7, 11) is 3.92. The Kier molecular flexibility index (Phi) is 6.66. The molecule has 170 valence electrons. The molecule has 0 amide bonds. The van der Waals surface area contributed by atoms with Crippen LogP contribution in [0.25, 0.3) is 0 Å². The molecule has 0 radical (unpaired) electrons. The third-order valence-electron chi connectivity index (χ3n) is 7.08. The fourth-order valence-corrected chi connectivity index (χ4v) is 4.57. The van der Waals surface area contributed by atoms with Gasteiger partial charge >= 0.3 is 0 Å². The van der Waals surface area contributed by atoms with Gasteiger partial charge in [0, 0.05) is 38.1 Å². The average molecular weight is 432 g/mol. The second-order valence-electron chi connectivity index (χ2n) is 9.33. The Labute approximate surface area is 193 Å². The van der Waals surface area contributed by atoms with Crippen LogP contribution in [0.2, 0.25) is 0 Å². The van der Waals surface area contributed by atoms with Crippen molar-refractivity contribution in [2.45, 2.75) is 58.9 Å². The third-order valence-corrected chi connectivity index (χ3v) is 7.08. The Balaban J connectivity index is 1.69. The monoisotopic (exact) mass is 431 g/mol. The molecule has 0 spiro atoms. The van der Waals surface area contributed by atoms with Crippen LogP contribution in [0.3, 0.4) is 0 Å². The second kappa shape index (κ2) is 9.45. The minimum absolute atomic E-state index is 0.633. The van der Waals surface area contributed by atoms with Crippen LogP contribution in [0.1, 0.15) is 52.9 Å². The number of likely N-dealkylation sites (tertiary alicyclic amines) is 1. The highest BCUT2D eigenvalue weighted by Gasteiger charge is 2.30. The summed E-state index contributed by atoms with van der Waals surface area (Å²) in [5.41, 5.74) is 9.34. The molecule has 2 fully saturated rings. The molecule has 0 aromatic heterocycles. The number of piperidine rings is 1. The predicted octanol–water partition coefficient (Wildman–Crippen LogP) is 5.10. The molecule has 32 heavy (non-hydrogen) atoms. The Morgan fingerprint density at radius 2 is 1.94 bits per heavy atom. The predicted molar refractivity (Wildman–Crippen MR) is 136 cm³/mol. The van der Waals surface area contributed by atoms with E-state index in [1.54, 1.807) is 0 Å². The number of nitrogens with zero attached hydrogens (tertiary/aromatic N) is 4. The lowest BCUT2D eigenvalue weighted by Gasteiger charge is -2.39. The molecule has 4 aliphatic rings. The molecule has 1 saturated heterocycles. The zero-order chi connectivity index (χ0) is 22.8.